The summed E-state index contributed by atoms with van der Waals surface area (Å²) in [4.78, 5) is -0.751. The van der Waals surface area contributed by atoms with Gasteiger partial charge in [-0.2, -0.15) is 8.42 Å². The van der Waals surface area contributed by atoms with Crippen molar-refractivity contribution in [2.24, 2.45) is 0 Å². The molecule has 21 heavy (non-hydrogen) atoms. The van der Waals surface area contributed by atoms with Crippen LogP contribution in [0.1, 0.15) is 0 Å². The van der Waals surface area contributed by atoms with Crippen LogP contribution in [-0.2, 0) is 10.1 Å². The number of benzene rings is 2. The summed E-state index contributed by atoms with van der Waals surface area (Å²) in [6, 6.07) is 0. The van der Waals surface area contributed by atoms with E-state index in [1.54, 1.807) is 0 Å². The molecular formula is C10HCl7O3S. The predicted molar refractivity (Wildman–Crippen MR) is 88.8 cm³/mol. The second-order valence-electron chi connectivity index (χ2n) is 3.75. The summed E-state index contributed by atoms with van der Waals surface area (Å²) in [6.07, 6.45) is 0. The Kier molecular flexibility index (Phi) is 5.08. The molecule has 0 radical (unpaired) electrons. The number of rotatable bonds is 1. The van der Waals surface area contributed by atoms with Crippen LogP contribution in [0.25, 0.3) is 10.8 Å². The van der Waals surface area contributed by atoms with Crippen LogP contribution in [0, 0.1) is 0 Å². The highest BCUT2D eigenvalue weighted by Gasteiger charge is 2.29. The predicted octanol–water partition coefficient (Wildman–Crippen LogP) is 6.66. The first-order chi connectivity index (χ1) is 9.50. The third-order valence-corrected chi connectivity index (χ3v) is 6.72. The molecular weight excluding hydrogens is 448 g/mol. The zero-order chi connectivity index (χ0) is 16.3. The van der Waals surface area contributed by atoms with Gasteiger partial charge in [-0.1, -0.05) is 81.2 Å². The molecule has 0 aliphatic carbocycles. The van der Waals surface area contributed by atoms with Crippen LogP contribution in [0.5, 0.6) is 0 Å². The molecule has 0 amide bonds. The van der Waals surface area contributed by atoms with Crippen molar-refractivity contribution in [3.63, 3.8) is 0 Å². The Morgan fingerprint density at radius 3 is 1.29 bits per heavy atom. The lowest BCUT2D eigenvalue weighted by Crippen LogP contribution is -2.02. The van der Waals surface area contributed by atoms with Crippen LogP contribution >= 0.6 is 81.2 Å². The van der Waals surface area contributed by atoms with E-state index in [1.807, 2.05) is 0 Å². The number of fused-ring (bicyclic) bond motifs is 1. The van der Waals surface area contributed by atoms with Gasteiger partial charge in [0.25, 0.3) is 10.1 Å². The smallest absolute Gasteiger partial charge is 0.282 e. The van der Waals surface area contributed by atoms with Gasteiger partial charge in [-0.05, 0) is 0 Å². The molecule has 0 aromatic heterocycles. The Labute approximate surface area is 154 Å². The van der Waals surface area contributed by atoms with Gasteiger partial charge in [0.05, 0.1) is 35.2 Å². The van der Waals surface area contributed by atoms with Crippen LogP contribution in [0.2, 0.25) is 35.2 Å². The van der Waals surface area contributed by atoms with Crippen molar-refractivity contribution in [3.05, 3.63) is 35.2 Å². The highest BCUT2D eigenvalue weighted by molar-refractivity contribution is 7.86. The minimum absolute atomic E-state index is 0.0836. The SMILES string of the molecule is O=S(=O)(O)c1c(Cl)c(Cl)c(Cl)c2c(Cl)c(Cl)c(Cl)c(Cl)c12. The Morgan fingerprint density at radius 2 is 0.905 bits per heavy atom. The van der Waals surface area contributed by atoms with Gasteiger partial charge < -0.3 is 0 Å². The Hall–Kier alpha value is 0.640. The fourth-order valence-electron chi connectivity index (χ4n) is 1.71. The van der Waals surface area contributed by atoms with Crippen molar-refractivity contribution in [3.8, 4) is 0 Å². The van der Waals surface area contributed by atoms with E-state index in [1.165, 1.54) is 0 Å². The fraction of sp³-hybridized carbons (Fsp3) is 0. The van der Waals surface area contributed by atoms with Gasteiger partial charge in [-0.25, -0.2) is 0 Å². The number of hydrogen-bond donors (Lipinski definition) is 1. The Morgan fingerprint density at radius 1 is 0.571 bits per heavy atom. The zero-order valence-corrected chi connectivity index (χ0v) is 15.4. The lowest BCUT2D eigenvalue weighted by molar-refractivity contribution is 0.484. The summed E-state index contributed by atoms with van der Waals surface area (Å²) in [5, 5.41) is -2.16. The van der Waals surface area contributed by atoms with Crippen LogP contribution in [0.15, 0.2) is 4.90 Å². The molecule has 0 aliphatic rings. The first-order valence-electron chi connectivity index (χ1n) is 4.79. The van der Waals surface area contributed by atoms with Crippen molar-refractivity contribution in [2.75, 3.05) is 0 Å². The van der Waals surface area contributed by atoms with Crippen molar-refractivity contribution >= 4 is 102 Å². The molecule has 0 bridgehead atoms. The van der Waals surface area contributed by atoms with E-state index in [-0.39, 0.29) is 40.9 Å². The van der Waals surface area contributed by atoms with Gasteiger partial charge in [0.1, 0.15) is 4.90 Å². The maximum atomic E-state index is 11.6. The maximum absolute atomic E-state index is 11.6. The van der Waals surface area contributed by atoms with Gasteiger partial charge >= 0.3 is 0 Å². The normalized spacial score (nSPS) is 12.2. The minimum atomic E-state index is -4.79. The van der Waals surface area contributed by atoms with Crippen LogP contribution in [-0.4, -0.2) is 13.0 Å². The van der Waals surface area contributed by atoms with Gasteiger partial charge in [-0.3, -0.25) is 4.55 Å². The summed E-state index contributed by atoms with van der Waals surface area (Å²) in [5.41, 5.74) is 0. The van der Waals surface area contributed by atoms with Gasteiger partial charge in [0, 0.05) is 10.8 Å². The third-order valence-electron chi connectivity index (χ3n) is 2.56. The summed E-state index contributed by atoms with van der Waals surface area (Å²) in [6.45, 7) is 0. The third kappa shape index (κ3) is 2.80. The topological polar surface area (TPSA) is 54.4 Å². The van der Waals surface area contributed by atoms with Gasteiger partial charge in [0.15, 0.2) is 0 Å². The van der Waals surface area contributed by atoms with Crippen LogP contribution in [0.4, 0.5) is 0 Å². The number of halogens is 7. The monoisotopic (exact) mass is 446 g/mol. The lowest BCUT2D eigenvalue weighted by atomic mass is 10.1. The Balaban J connectivity index is 3.35. The first-order valence-corrected chi connectivity index (χ1v) is 8.88. The van der Waals surface area contributed by atoms with Gasteiger partial charge in [0.2, 0.25) is 0 Å². The Bertz CT molecular complexity index is 884. The highest BCUT2D eigenvalue weighted by atomic mass is 35.5. The molecule has 2 rings (SSSR count). The van der Waals surface area contributed by atoms with Crippen molar-refractivity contribution in [1.82, 2.24) is 0 Å². The largest absolute Gasteiger partial charge is 0.296 e. The molecule has 2 aromatic carbocycles. The standard InChI is InChI=1S/C10HCl7O3S/c11-3-1-2(5(13)7(15)6(3)14)10(21(18,19)20)9(17)8(16)4(1)12/h(H,18,19,20). The number of hydrogen-bond acceptors (Lipinski definition) is 2. The molecule has 0 atom stereocenters. The summed E-state index contributed by atoms with van der Waals surface area (Å²) in [7, 11) is -4.79. The molecule has 0 saturated carbocycles. The minimum Gasteiger partial charge on any atom is -0.282 e. The quantitative estimate of drug-likeness (QED) is 0.301. The zero-order valence-electron chi connectivity index (χ0n) is 9.32. The van der Waals surface area contributed by atoms with E-state index in [0.717, 1.165) is 0 Å². The van der Waals surface area contributed by atoms with Crippen molar-refractivity contribution in [2.45, 2.75) is 4.90 Å². The van der Waals surface area contributed by atoms with Gasteiger partial charge in [-0.15, -0.1) is 0 Å². The van der Waals surface area contributed by atoms with Crippen molar-refractivity contribution in [1.29, 1.82) is 0 Å². The van der Waals surface area contributed by atoms with E-state index in [4.69, 9.17) is 81.2 Å². The summed E-state index contributed by atoms with van der Waals surface area (Å²) >= 11 is 41.5. The molecule has 1 N–H and O–H groups in total. The summed E-state index contributed by atoms with van der Waals surface area (Å²) in [5.74, 6) is 0. The second kappa shape index (κ2) is 5.93. The average Bonchev–Trinajstić information content (AvgIpc) is 2.38. The second-order valence-corrected chi connectivity index (χ2v) is 7.76. The molecule has 0 aliphatic heterocycles. The van der Waals surface area contributed by atoms with E-state index >= 15 is 0 Å². The average molecular weight is 449 g/mol. The molecule has 0 fully saturated rings. The fourth-order valence-corrected chi connectivity index (χ4v) is 4.70. The van der Waals surface area contributed by atoms with Crippen LogP contribution in [0.3, 0.4) is 0 Å². The molecule has 2 aromatic rings. The van der Waals surface area contributed by atoms with E-state index in [2.05, 4.69) is 0 Å². The molecule has 0 heterocycles. The molecule has 11 heteroatoms. The van der Waals surface area contributed by atoms with Crippen molar-refractivity contribution < 1.29 is 13.0 Å². The lowest BCUT2D eigenvalue weighted by Gasteiger charge is -2.15. The molecule has 114 valence electrons. The van der Waals surface area contributed by atoms with E-state index in [0.29, 0.717) is 0 Å². The molecule has 0 saturated heterocycles. The molecule has 0 spiro atoms. The molecule has 3 nitrogen and oxygen atoms in total. The maximum Gasteiger partial charge on any atom is 0.296 e. The van der Waals surface area contributed by atoms with E-state index < -0.39 is 20.0 Å². The summed E-state index contributed by atoms with van der Waals surface area (Å²) < 4.78 is 32.5. The first kappa shape index (κ1) is 18.0. The molecule has 0 unspecified atom stereocenters. The van der Waals surface area contributed by atoms with Crippen LogP contribution < -0.4 is 0 Å². The van der Waals surface area contributed by atoms with E-state index in [9.17, 15) is 13.0 Å². The highest BCUT2D eigenvalue weighted by Crippen LogP contribution is 2.51.